The Bertz CT molecular complexity index is 219. The van der Waals surface area contributed by atoms with Crippen LogP contribution in [-0.4, -0.2) is 26.7 Å². The third-order valence-corrected chi connectivity index (χ3v) is 0. The van der Waals surface area contributed by atoms with Gasteiger partial charge in [-0.15, -0.1) is 0 Å². The van der Waals surface area contributed by atoms with Crippen LogP contribution in [0.2, 0.25) is 0 Å². The fraction of sp³-hybridized carbons (Fsp3) is 0. The molecule has 0 aliphatic rings. The van der Waals surface area contributed by atoms with Gasteiger partial charge in [-0.05, 0) is 0 Å². The molecule has 64 valence electrons. The quantitative estimate of drug-likeness (QED) is 0.384. The SMILES string of the molecule is O=[Se](=O)([O-])[O-].O=[Se](=O)([O-])[O-].[Li+].[Na+].[Na+].[Na+]. The van der Waals surface area contributed by atoms with Gasteiger partial charge in [0.2, 0.25) is 0 Å². The molecule has 0 aromatic carbocycles. The van der Waals surface area contributed by atoms with Crippen LogP contribution in [-0.2, 0) is 15.3 Å². The molecule has 14 heteroatoms. The van der Waals surface area contributed by atoms with Crippen molar-refractivity contribution < 1.29 is 140 Å². The third-order valence-electron chi connectivity index (χ3n) is 0. The van der Waals surface area contributed by atoms with E-state index in [2.05, 4.69) is 0 Å². The Morgan fingerprint density at radius 1 is 0.571 bits per heavy atom. The molecule has 0 spiro atoms. The van der Waals surface area contributed by atoms with Gasteiger partial charge >= 0.3 is 166 Å². The average molecular weight is 362 g/mol. The molecule has 0 aliphatic carbocycles. The molecule has 0 N–H and O–H groups in total. The van der Waals surface area contributed by atoms with E-state index in [-0.39, 0.29) is 108 Å². The van der Waals surface area contributed by atoms with Crippen LogP contribution in [0.3, 0.4) is 0 Å². The van der Waals surface area contributed by atoms with E-state index in [1.165, 1.54) is 0 Å². The Balaban J connectivity index is -0.0000000178. The first-order valence-electron chi connectivity index (χ1n) is 1.33. The molecule has 0 aliphatic heterocycles. The fourth-order valence-corrected chi connectivity index (χ4v) is 0. The minimum absolute atomic E-state index is 0. The summed E-state index contributed by atoms with van der Waals surface area (Å²) in [7, 11) is 0. The minimum atomic E-state index is -5.75. The average Bonchev–Trinajstić information content (AvgIpc) is 1.12. The summed E-state index contributed by atoms with van der Waals surface area (Å²) in [5, 5.41) is 0. The predicted molar refractivity (Wildman–Crippen MR) is 14.3 cm³/mol. The van der Waals surface area contributed by atoms with Crippen molar-refractivity contribution in [3.05, 3.63) is 0 Å². The van der Waals surface area contributed by atoms with Crippen LogP contribution in [0.25, 0.3) is 0 Å². The molecule has 0 radical (unpaired) electrons. The third kappa shape index (κ3) is 250. The van der Waals surface area contributed by atoms with Crippen LogP contribution in [0.5, 0.6) is 0 Å². The molecule has 14 heavy (non-hydrogen) atoms. The van der Waals surface area contributed by atoms with Crippen molar-refractivity contribution in [2.75, 3.05) is 0 Å². The summed E-state index contributed by atoms with van der Waals surface area (Å²) in [5.41, 5.74) is 0. The van der Waals surface area contributed by atoms with Gasteiger partial charge in [-0.1, -0.05) is 0 Å². The molecule has 0 amide bonds. The van der Waals surface area contributed by atoms with Crippen molar-refractivity contribution in [2.45, 2.75) is 0 Å². The fourth-order valence-electron chi connectivity index (χ4n) is 0. The number of hydrogen-bond donors (Lipinski definition) is 0. The Morgan fingerprint density at radius 3 is 0.571 bits per heavy atom. The molecule has 0 atom stereocenters. The number of rotatable bonds is 0. The van der Waals surface area contributed by atoms with Gasteiger partial charge < -0.3 is 0 Å². The first-order chi connectivity index (χ1) is 4.00. The topological polar surface area (TPSA) is 161 Å². The summed E-state index contributed by atoms with van der Waals surface area (Å²) in [5.74, 6) is 0. The normalized spacial score (nSPS) is 8.29. The second-order valence-electron chi connectivity index (χ2n) is 0.816. The van der Waals surface area contributed by atoms with Gasteiger partial charge in [-0.3, -0.25) is 0 Å². The van der Waals surface area contributed by atoms with Crippen LogP contribution in [0.4, 0.5) is 0 Å². The number of hydrogen-bond acceptors (Lipinski definition) is 8. The minimum Gasteiger partial charge on any atom is 1.00 e. The maximum atomic E-state index is 8.59. The van der Waals surface area contributed by atoms with Crippen LogP contribution < -0.4 is 124 Å². The van der Waals surface area contributed by atoms with Gasteiger partial charge in [0.05, 0.1) is 0 Å². The van der Waals surface area contributed by atoms with Crippen LogP contribution in [0.1, 0.15) is 0 Å². The molecule has 0 heterocycles. The molecule has 0 fully saturated rings. The zero-order valence-corrected chi connectivity index (χ0v) is 17.5. The second kappa shape index (κ2) is 16.7. The summed E-state index contributed by atoms with van der Waals surface area (Å²) < 4.78 is 68.8. The Hall–Kier alpha value is 3.68. The zero-order valence-electron chi connectivity index (χ0n) is 8.08. The predicted octanol–water partition coefficient (Wildman–Crippen LogP) is -18.0. The molecular weight excluding hydrogens is 362 g/mol. The van der Waals surface area contributed by atoms with Gasteiger partial charge in [-0.2, -0.15) is 0 Å². The molecular formula is LiNa3O8Se2. The van der Waals surface area contributed by atoms with Crippen molar-refractivity contribution in [3.8, 4) is 0 Å². The molecule has 0 saturated carbocycles. The van der Waals surface area contributed by atoms with Crippen molar-refractivity contribution in [1.29, 1.82) is 0 Å². The smallest absolute Gasteiger partial charge is 1.00 e. The molecule has 0 bridgehead atoms. The van der Waals surface area contributed by atoms with Gasteiger partial charge in [-0.25, -0.2) is 0 Å². The van der Waals surface area contributed by atoms with E-state index in [9.17, 15) is 0 Å². The van der Waals surface area contributed by atoms with Gasteiger partial charge in [0, 0.05) is 0 Å². The molecule has 8 nitrogen and oxygen atoms in total. The first kappa shape index (κ1) is 36.1. The summed E-state index contributed by atoms with van der Waals surface area (Å²) >= 11 is -11.5. The summed E-state index contributed by atoms with van der Waals surface area (Å²) in [6.45, 7) is 0. The van der Waals surface area contributed by atoms with Gasteiger partial charge in [0.25, 0.3) is 0 Å². The van der Waals surface area contributed by atoms with E-state index in [4.69, 9.17) is 32.1 Å². The largest absolute Gasteiger partial charge is 1.00 e. The van der Waals surface area contributed by atoms with E-state index < -0.39 is 26.7 Å². The van der Waals surface area contributed by atoms with Gasteiger partial charge in [0.15, 0.2) is 0 Å². The summed E-state index contributed by atoms with van der Waals surface area (Å²) in [6.07, 6.45) is 0. The van der Waals surface area contributed by atoms with Crippen molar-refractivity contribution >= 4 is 26.7 Å². The summed E-state index contributed by atoms with van der Waals surface area (Å²) in [6, 6.07) is 0. The zero-order chi connectivity index (χ0) is 9.00. The van der Waals surface area contributed by atoms with E-state index in [0.717, 1.165) is 0 Å². The van der Waals surface area contributed by atoms with Crippen molar-refractivity contribution in [2.24, 2.45) is 0 Å². The van der Waals surface area contributed by atoms with Crippen molar-refractivity contribution in [3.63, 3.8) is 0 Å². The maximum absolute atomic E-state index is 8.59. The Kier molecular flexibility index (Phi) is 42.9. The Labute approximate surface area is 163 Å². The van der Waals surface area contributed by atoms with E-state index in [1.807, 2.05) is 0 Å². The van der Waals surface area contributed by atoms with Crippen LogP contribution in [0.15, 0.2) is 0 Å². The molecule has 0 unspecified atom stereocenters. The van der Waals surface area contributed by atoms with Gasteiger partial charge in [0.1, 0.15) is 0 Å². The molecule has 0 aromatic heterocycles. The molecule has 0 saturated heterocycles. The van der Waals surface area contributed by atoms with Crippen LogP contribution >= 0.6 is 0 Å². The maximum Gasteiger partial charge on any atom is 1.00 e. The van der Waals surface area contributed by atoms with E-state index >= 15 is 0 Å². The van der Waals surface area contributed by atoms with Crippen LogP contribution in [0, 0.1) is 0 Å². The summed E-state index contributed by atoms with van der Waals surface area (Å²) in [4.78, 5) is 0. The standard InChI is InChI=1S/Li.3Na.2H2O4Se/c;;;;2*1-5(2,3)4/h;;;;2*(H2,1,2,3,4)/q4*+1;;/p-4. The van der Waals surface area contributed by atoms with Crippen molar-refractivity contribution in [1.82, 2.24) is 0 Å². The Morgan fingerprint density at radius 2 is 0.571 bits per heavy atom. The second-order valence-corrected chi connectivity index (χ2v) is 4.24. The molecule has 0 aromatic rings. The van der Waals surface area contributed by atoms with E-state index in [0.29, 0.717) is 0 Å². The molecule has 0 rings (SSSR count). The van der Waals surface area contributed by atoms with E-state index in [1.54, 1.807) is 0 Å². The monoisotopic (exact) mass is 364 g/mol. The first-order valence-corrected chi connectivity index (χ1v) is 6.93.